The molecule has 0 aromatic heterocycles. The molecule has 2 amide bonds. The molecule has 1 fully saturated rings. The average molecular weight is 368 g/mol. The Labute approximate surface area is 156 Å². The largest absolute Gasteiger partial charge is 0.350 e. The lowest BCUT2D eigenvalue weighted by Gasteiger charge is -2.35. The van der Waals surface area contributed by atoms with Crippen LogP contribution in [0.5, 0.6) is 0 Å². The topological polar surface area (TPSA) is 84.2 Å². The van der Waals surface area contributed by atoms with Crippen LogP contribution in [0.2, 0.25) is 0 Å². The van der Waals surface area contributed by atoms with Gasteiger partial charge in [0.1, 0.15) is 6.04 Å². The quantitative estimate of drug-likeness (QED) is 0.692. The molecule has 0 heterocycles. The Kier molecular flexibility index (Phi) is 8.93. The molecule has 1 atom stereocenters. The number of hydrogen-bond acceptors (Lipinski definition) is 3. The van der Waals surface area contributed by atoms with Crippen molar-refractivity contribution in [1.29, 1.82) is 0 Å². The van der Waals surface area contributed by atoms with Crippen LogP contribution in [0.1, 0.15) is 51.0 Å². The van der Waals surface area contributed by atoms with Gasteiger partial charge in [0.15, 0.2) is 0 Å². The standard InChI is InChI=1S/C19H29N3O2.ClH/c1-15(18(24)21-13-16-8-4-2-5-9-16)22-17(23)12-19(14-20)10-6-3-7-11-19;/h2,4-5,8-9,15H,3,6-7,10-14,20H2,1H3,(H,21,24)(H,22,23);1H. The molecule has 1 aliphatic carbocycles. The van der Waals surface area contributed by atoms with Crippen LogP contribution < -0.4 is 16.4 Å². The highest BCUT2D eigenvalue weighted by molar-refractivity contribution is 5.87. The summed E-state index contributed by atoms with van der Waals surface area (Å²) in [5.74, 6) is -0.248. The van der Waals surface area contributed by atoms with Crippen molar-refractivity contribution in [1.82, 2.24) is 10.6 Å². The minimum atomic E-state index is -0.542. The molecule has 2 rings (SSSR count). The number of halogens is 1. The zero-order chi connectivity index (χ0) is 17.4. The fraction of sp³-hybridized carbons (Fsp3) is 0.579. The second-order valence-electron chi connectivity index (χ2n) is 6.93. The molecule has 0 saturated heterocycles. The van der Waals surface area contributed by atoms with E-state index < -0.39 is 6.04 Å². The van der Waals surface area contributed by atoms with Crippen LogP contribution >= 0.6 is 12.4 Å². The van der Waals surface area contributed by atoms with Crippen molar-refractivity contribution in [3.05, 3.63) is 35.9 Å². The van der Waals surface area contributed by atoms with E-state index in [1.807, 2.05) is 30.3 Å². The van der Waals surface area contributed by atoms with Gasteiger partial charge in [-0.25, -0.2) is 0 Å². The third-order valence-corrected chi connectivity index (χ3v) is 4.96. The molecule has 1 unspecified atom stereocenters. The summed E-state index contributed by atoms with van der Waals surface area (Å²) in [6.45, 7) is 2.72. The van der Waals surface area contributed by atoms with Gasteiger partial charge < -0.3 is 16.4 Å². The van der Waals surface area contributed by atoms with E-state index >= 15 is 0 Å². The van der Waals surface area contributed by atoms with E-state index in [2.05, 4.69) is 10.6 Å². The Morgan fingerprint density at radius 2 is 1.80 bits per heavy atom. The third kappa shape index (κ3) is 6.67. The molecular formula is C19H30ClN3O2. The highest BCUT2D eigenvalue weighted by Crippen LogP contribution is 2.38. The lowest BCUT2D eigenvalue weighted by atomic mass is 9.71. The summed E-state index contributed by atoms with van der Waals surface area (Å²) in [5.41, 5.74) is 6.88. The van der Waals surface area contributed by atoms with Gasteiger partial charge in [0.2, 0.25) is 11.8 Å². The summed E-state index contributed by atoms with van der Waals surface area (Å²) >= 11 is 0. The molecule has 0 spiro atoms. The molecule has 1 aromatic rings. The van der Waals surface area contributed by atoms with Crippen molar-refractivity contribution in [2.24, 2.45) is 11.1 Å². The van der Waals surface area contributed by atoms with Gasteiger partial charge in [0.05, 0.1) is 0 Å². The van der Waals surface area contributed by atoms with Gasteiger partial charge in [0, 0.05) is 13.0 Å². The van der Waals surface area contributed by atoms with E-state index in [1.54, 1.807) is 6.92 Å². The number of nitrogens with two attached hydrogens (primary N) is 1. The van der Waals surface area contributed by atoms with Gasteiger partial charge in [-0.05, 0) is 37.3 Å². The summed E-state index contributed by atoms with van der Waals surface area (Å²) in [6.07, 6.45) is 5.92. The van der Waals surface area contributed by atoms with E-state index in [0.29, 0.717) is 19.5 Å². The molecule has 1 aromatic carbocycles. The monoisotopic (exact) mass is 367 g/mol. The van der Waals surface area contributed by atoms with E-state index in [0.717, 1.165) is 31.2 Å². The fourth-order valence-corrected chi connectivity index (χ4v) is 3.39. The van der Waals surface area contributed by atoms with Crippen LogP contribution in [0.4, 0.5) is 0 Å². The average Bonchev–Trinajstić information content (AvgIpc) is 2.61. The maximum atomic E-state index is 12.3. The van der Waals surface area contributed by atoms with Gasteiger partial charge in [-0.3, -0.25) is 9.59 Å². The lowest BCUT2D eigenvalue weighted by molar-refractivity contribution is -0.130. The number of hydrogen-bond donors (Lipinski definition) is 3. The number of amides is 2. The van der Waals surface area contributed by atoms with Crippen molar-refractivity contribution in [3.63, 3.8) is 0 Å². The number of nitrogens with one attached hydrogen (secondary N) is 2. The van der Waals surface area contributed by atoms with Crippen LogP contribution in [0.25, 0.3) is 0 Å². The van der Waals surface area contributed by atoms with Crippen LogP contribution in [-0.4, -0.2) is 24.4 Å². The fourth-order valence-electron chi connectivity index (χ4n) is 3.39. The number of rotatable bonds is 7. The highest BCUT2D eigenvalue weighted by Gasteiger charge is 2.33. The Hall–Kier alpha value is -1.59. The Morgan fingerprint density at radius 1 is 1.16 bits per heavy atom. The minimum absolute atomic E-state index is 0. The molecule has 1 aliphatic rings. The first-order chi connectivity index (χ1) is 11.5. The molecule has 6 heteroatoms. The third-order valence-electron chi connectivity index (χ3n) is 4.96. The van der Waals surface area contributed by atoms with E-state index in [4.69, 9.17) is 5.73 Å². The van der Waals surface area contributed by atoms with Gasteiger partial charge in [0.25, 0.3) is 0 Å². The normalized spacial score (nSPS) is 17.0. The summed E-state index contributed by atoms with van der Waals surface area (Å²) < 4.78 is 0. The molecular weight excluding hydrogens is 338 g/mol. The summed E-state index contributed by atoms with van der Waals surface area (Å²) in [6, 6.07) is 9.17. The Bertz CT molecular complexity index is 545. The summed E-state index contributed by atoms with van der Waals surface area (Å²) in [4.78, 5) is 24.5. The van der Waals surface area contributed by atoms with E-state index in [9.17, 15) is 9.59 Å². The maximum absolute atomic E-state index is 12.3. The first kappa shape index (κ1) is 21.5. The van der Waals surface area contributed by atoms with Crippen LogP contribution in [-0.2, 0) is 16.1 Å². The molecule has 4 N–H and O–H groups in total. The second-order valence-corrected chi connectivity index (χ2v) is 6.93. The van der Waals surface area contributed by atoms with Crippen molar-refractivity contribution < 1.29 is 9.59 Å². The number of carbonyl (C=O) groups is 2. The van der Waals surface area contributed by atoms with Crippen molar-refractivity contribution in [2.45, 2.75) is 58.0 Å². The van der Waals surface area contributed by atoms with Gasteiger partial charge in [-0.2, -0.15) is 0 Å². The molecule has 5 nitrogen and oxygen atoms in total. The summed E-state index contributed by atoms with van der Waals surface area (Å²) in [5, 5.41) is 5.67. The molecule has 25 heavy (non-hydrogen) atoms. The first-order valence-electron chi connectivity index (χ1n) is 8.86. The van der Waals surface area contributed by atoms with Crippen molar-refractivity contribution in [3.8, 4) is 0 Å². The zero-order valence-corrected chi connectivity index (χ0v) is 15.7. The lowest BCUT2D eigenvalue weighted by Crippen LogP contribution is -2.47. The van der Waals surface area contributed by atoms with Gasteiger partial charge >= 0.3 is 0 Å². The van der Waals surface area contributed by atoms with Crippen LogP contribution in [0.3, 0.4) is 0 Å². The van der Waals surface area contributed by atoms with E-state index in [-0.39, 0.29) is 29.6 Å². The Balaban J connectivity index is 0.00000312. The van der Waals surface area contributed by atoms with Crippen molar-refractivity contribution in [2.75, 3.05) is 6.54 Å². The molecule has 0 radical (unpaired) electrons. The molecule has 1 saturated carbocycles. The van der Waals surface area contributed by atoms with E-state index in [1.165, 1.54) is 6.42 Å². The Morgan fingerprint density at radius 3 is 2.40 bits per heavy atom. The molecule has 140 valence electrons. The summed E-state index contributed by atoms with van der Waals surface area (Å²) in [7, 11) is 0. The van der Waals surface area contributed by atoms with Crippen molar-refractivity contribution >= 4 is 24.2 Å². The van der Waals surface area contributed by atoms with Gasteiger partial charge in [-0.15, -0.1) is 12.4 Å². The van der Waals surface area contributed by atoms with Gasteiger partial charge in [-0.1, -0.05) is 49.6 Å². The zero-order valence-electron chi connectivity index (χ0n) is 14.9. The highest BCUT2D eigenvalue weighted by atomic mass is 35.5. The smallest absolute Gasteiger partial charge is 0.242 e. The van der Waals surface area contributed by atoms with Crippen LogP contribution in [0.15, 0.2) is 30.3 Å². The number of carbonyl (C=O) groups excluding carboxylic acids is 2. The SMILES string of the molecule is CC(NC(=O)CC1(CN)CCCCC1)C(=O)NCc1ccccc1.Cl. The predicted molar refractivity (Wildman–Crippen MR) is 102 cm³/mol. The molecule has 0 bridgehead atoms. The molecule has 0 aliphatic heterocycles. The minimum Gasteiger partial charge on any atom is -0.350 e. The number of benzene rings is 1. The predicted octanol–water partition coefficient (Wildman–Crippen LogP) is 2.53. The first-order valence-corrected chi connectivity index (χ1v) is 8.86. The maximum Gasteiger partial charge on any atom is 0.242 e. The van der Waals surface area contributed by atoms with Crippen LogP contribution in [0, 0.1) is 5.41 Å². The second kappa shape index (κ2) is 10.4.